The molecular formula is C3H5NO2S. The summed E-state index contributed by atoms with van der Waals surface area (Å²) in [6.45, 7) is 0. The molecular weight excluding hydrogens is 114 g/mol. The van der Waals surface area contributed by atoms with Crippen molar-refractivity contribution in [3.05, 3.63) is 0 Å². The second-order valence-electron chi connectivity index (χ2n) is 1.48. The smallest absolute Gasteiger partial charge is 0.335 e. The predicted molar refractivity (Wildman–Crippen MR) is 27.0 cm³/mol. The molecule has 1 rings (SSSR count). The summed E-state index contributed by atoms with van der Waals surface area (Å²) in [7, 11) is 0. The Hall–Kier alpha value is -0.220. The van der Waals surface area contributed by atoms with E-state index in [-0.39, 0.29) is 0 Å². The summed E-state index contributed by atoms with van der Waals surface area (Å²) < 4.78 is 0. The third kappa shape index (κ3) is 0.711. The number of nitrogens with two attached hydrogens (primary N) is 1. The molecule has 40 valence electrons. The van der Waals surface area contributed by atoms with Gasteiger partial charge in [0.05, 0.1) is 0 Å². The normalized spacial score (nSPS) is 37.9. The van der Waals surface area contributed by atoms with Crippen LogP contribution in [-0.4, -0.2) is 21.7 Å². The molecule has 0 amide bonds. The highest BCUT2D eigenvalue weighted by Crippen LogP contribution is 2.38. The van der Waals surface area contributed by atoms with Crippen molar-refractivity contribution >= 4 is 17.7 Å². The first kappa shape index (κ1) is 4.93. The molecule has 3 N–H and O–H groups in total. The average Bonchev–Trinajstić information content (AvgIpc) is 2.21. The predicted octanol–water partition coefficient (Wildman–Crippen LogP) is -0.527. The Morgan fingerprint density at radius 3 is 2.43 bits per heavy atom. The number of aliphatic carboxylic acids is 1. The molecule has 0 aromatic heterocycles. The van der Waals surface area contributed by atoms with Crippen molar-refractivity contribution in [2.45, 2.75) is 4.87 Å². The molecule has 7 heavy (non-hydrogen) atoms. The molecule has 0 spiro atoms. The lowest BCUT2D eigenvalue weighted by Crippen LogP contribution is -2.32. The highest BCUT2D eigenvalue weighted by molar-refractivity contribution is 8.08. The van der Waals surface area contributed by atoms with Crippen LogP contribution in [0.25, 0.3) is 0 Å². The largest absolute Gasteiger partial charge is 0.479 e. The van der Waals surface area contributed by atoms with Gasteiger partial charge >= 0.3 is 5.97 Å². The van der Waals surface area contributed by atoms with Crippen LogP contribution in [0.15, 0.2) is 0 Å². The first-order valence-corrected chi connectivity index (χ1v) is 2.80. The van der Waals surface area contributed by atoms with E-state index < -0.39 is 10.8 Å². The molecule has 3 nitrogen and oxygen atoms in total. The second kappa shape index (κ2) is 1.14. The number of carbonyl (C=O) groups is 1. The van der Waals surface area contributed by atoms with E-state index in [4.69, 9.17) is 10.8 Å². The van der Waals surface area contributed by atoms with E-state index >= 15 is 0 Å². The zero-order chi connectivity index (χ0) is 5.49. The number of carboxylic acids is 1. The third-order valence-electron chi connectivity index (χ3n) is 0.817. The van der Waals surface area contributed by atoms with Crippen LogP contribution in [0, 0.1) is 0 Å². The van der Waals surface area contributed by atoms with Crippen molar-refractivity contribution in [3.63, 3.8) is 0 Å². The van der Waals surface area contributed by atoms with E-state index in [1.807, 2.05) is 0 Å². The van der Waals surface area contributed by atoms with Gasteiger partial charge in [-0.1, -0.05) is 0 Å². The lowest BCUT2D eigenvalue weighted by molar-refractivity contribution is -0.138. The van der Waals surface area contributed by atoms with E-state index in [1.54, 1.807) is 0 Å². The van der Waals surface area contributed by atoms with Gasteiger partial charge in [0.25, 0.3) is 0 Å². The van der Waals surface area contributed by atoms with Crippen LogP contribution in [0.2, 0.25) is 0 Å². The zero-order valence-corrected chi connectivity index (χ0v) is 4.36. The number of rotatable bonds is 1. The molecule has 0 aromatic carbocycles. The van der Waals surface area contributed by atoms with E-state index in [9.17, 15) is 4.79 Å². The van der Waals surface area contributed by atoms with E-state index in [1.165, 1.54) is 11.8 Å². The van der Waals surface area contributed by atoms with Gasteiger partial charge in [0.2, 0.25) is 0 Å². The topological polar surface area (TPSA) is 63.3 Å². The minimum absolute atomic E-state index is 0.558. The fraction of sp³-hybridized carbons (Fsp3) is 0.667. The van der Waals surface area contributed by atoms with Crippen molar-refractivity contribution in [1.29, 1.82) is 0 Å². The van der Waals surface area contributed by atoms with E-state index in [0.29, 0.717) is 5.75 Å². The van der Waals surface area contributed by atoms with Crippen LogP contribution in [0.4, 0.5) is 0 Å². The lowest BCUT2D eigenvalue weighted by atomic mass is 10.4. The van der Waals surface area contributed by atoms with Crippen LogP contribution in [-0.2, 0) is 4.79 Å². The van der Waals surface area contributed by atoms with Gasteiger partial charge in [0, 0.05) is 5.75 Å². The van der Waals surface area contributed by atoms with Crippen LogP contribution in [0.5, 0.6) is 0 Å². The Labute approximate surface area is 44.9 Å². The fourth-order valence-electron chi connectivity index (χ4n) is 0.201. The Morgan fingerprint density at radius 1 is 2.00 bits per heavy atom. The summed E-state index contributed by atoms with van der Waals surface area (Å²) in [4.78, 5) is 9.02. The maximum Gasteiger partial charge on any atom is 0.335 e. The molecule has 0 radical (unpaired) electrons. The number of thioether (sulfide) groups is 1. The Kier molecular flexibility index (Phi) is 0.800. The first-order valence-electron chi connectivity index (χ1n) is 1.81. The molecule has 1 fully saturated rings. The Morgan fingerprint density at radius 2 is 2.43 bits per heavy atom. The lowest BCUT2D eigenvalue weighted by Gasteiger charge is -1.93. The maximum absolute atomic E-state index is 9.94. The summed E-state index contributed by atoms with van der Waals surface area (Å²) >= 11 is 1.26. The molecule has 0 bridgehead atoms. The summed E-state index contributed by atoms with van der Waals surface area (Å²) in [6, 6.07) is 0. The number of carboxylic acid groups (broad SMARTS) is 1. The first-order chi connectivity index (χ1) is 3.15. The summed E-state index contributed by atoms with van der Waals surface area (Å²) in [5, 5.41) is 8.17. The summed E-state index contributed by atoms with van der Waals surface area (Å²) in [6.07, 6.45) is 0. The van der Waals surface area contributed by atoms with Crippen LogP contribution in [0.1, 0.15) is 0 Å². The molecule has 0 saturated carbocycles. The zero-order valence-electron chi connectivity index (χ0n) is 3.55. The van der Waals surface area contributed by atoms with Gasteiger partial charge in [-0.2, -0.15) is 0 Å². The van der Waals surface area contributed by atoms with Crippen LogP contribution >= 0.6 is 11.8 Å². The average molecular weight is 119 g/mol. The van der Waals surface area contributed by atoms with Crippen molar-refractivity contribution in [2.75, 3.05) is 5.75 Å². The highest BCUT2D eigenvalue weighted by atomic mass is 32.2. The van der Waals surface area contributed by atoms with Crippen LogP contribution in [0.3, 0.4) is 0 Å². The standard InChI is InChI=1S/C3H5NO2S/c4-3(1-7-3)2(5)6/h1,4H2,(H,5,6)/t3-/m0/s1. The molecule has 1 aliphatic rings. The van der Waals surface area contributed by atoms with Gasteiger partial charge in [-0.05, 0) is 0 Å². The minimum atomic E-state index is -0.917. The van der Waals surface area contributed by atoms with Gasteiger partial charge in [-0.3, -0.25) is 0 Å². The van der Waals surface area contributed by atoms with Gasteiger partial charge in [0.1, 0.15) is 0 Å². The molecule has 0 unspecified atom stereocenters. The Bertz CT molecular complexity index is 110. The van der Waals surface area contributed by atoms with Gasteiger partial charge in [0.15, 0.2) is 4.87 Å². The molecule has 1 heterocycles. The molecule has 4 heteroatoms. The van der Waals surface area contributed by atoms with Crippen molar-refractivity contribution in [3.8, 4) is 0 Å². The van der Waals surface area contributed by atoms with Crippen molar-refractivity contribution in [2.24, 2.45) is 5.73 Å². The second-order valence-corrected chi connectivity index (χ2v) is 2.79. The quantitative estimate of drug-likeness (QED) is 0.455. The summed E-state index contributed by atoms with van der Waals surface area (Å²) in [5.74, 6) is -0.347. The van der Waals surface area contributed by atoms with Crippen LogP contribution < -0.4 is 5.73 Å². The third-order valence-corrected chi connectivity index (χ3v) is 1.90. The van der Waals surface area contributed by atoms with Crippen molar-refractivity contribution < 1.29 is 9.90 Å². The molecule has 0 aromatic rings. The van der Waals surface area contributed by atoms with E-state index in [2.05, 4.69) is 0 Å². The highest BCUT2D eigenvalue weighted by Gasteiger charge is 2.47. The minimum Gasteiger partial charge on any atom is -0.479 e. The fourth-order valence-corrected chi connectivity index (χ4v) is 0.604. The maximum atomic E-state index is 9.94. The monoisotopic (exact) mass is 119 g/mol. The SMILES string of the molecule is N[C@@]1(C(=O)O)CS1. The van der Waals surface area contributed by atoms with Gasteiger partial charge in [-0.15, -0.1) is 11.8 Å². The molecule has 0 aliphatic carbocycles. The molecule has 1 aliphatic heterocycles. The molecule has 1 saturated heterocycles. The number of hydrogen-bond donors (Lipinski definition) is 2. The number of hydrogen-bond acceptors (Lipinski definition) is 3. The van der Waals surface area contributed by atoms with Gasteiger partial charge in [-0.25, -0.2) is 4.79 Å². The van der Waals surface area contributed by atoms with Gasteiger partial charge < -0.3 is 10.8 Å². The Balaban J connectivity index is 2.55. The summed E-state index contributed by atoms with van der Waals surface area (Å²) in [5.41, 5.74) is 5.15. The van der Waals surface area contributed by atoms with E-state index in [0.717, 1.165) is 0 Å². The molecule has 1 atom stereocenters. The van der Waals surface area contributed by atoms with Crippen molar-refractivity contribution in [1.82, 2.24) is 0 Å².